The van der Waals surface area contributed by atoms with Gasteiger partial charge in [0.1, 0.15) is 5.82 Å². The molecule has 26 heavy (non-hydrogen) atoms. The zero-order chi connectivity index (χ0) is 18.7. The van der Waals surface area contributed by atoms with Crippen LogP contribution in [0.4, 0.5) is 4.39 Å². The maximum absolute atomic E-state index is 13.8. The van der Waals surface area contributed by atoms with Crippen molar-refractivity contribution in [3.8, 4) is 11.4 Å². The van der Waals surface area contributed by atoms with Crippen molar-refractivity contribution in [2.45, 2.75) is 19.9 Å². The van der Waals surface area contributed by atoms with Crippen molar-refractivity contribution in [1.82, 2.24) is 15.0 Å². The van der Waals surface area contributed by atoms with E-state index in [0.717, 1.165) is 11.1 Å². The van der Waals surface area contributed by atoms with Crippen molar-refractivity contribution in [1.29, 1.82) is 0 Å². The predicted molar refractivity (Wildman–Crippen MR) is 96.1 cm³/mol. The summed E-state index contributed by atoms with van der Waals surface area (Å²) in [7, 11) is 1.60. The summed E-state index contributed by atoms with van der Waals surface area (Å²) in [6, 6.07) is 11.9. The number of hydrogen-bond acceptors (Lipinski definition) is 4. The van der Waals surface area contributed by atoms with Crippen molar-refractivity contribution in [2.24, 2.45) is 0 Å². The molecule has 1 amide bonds. The van der Waals surface area contributed by atoms with Gasteiger partial charge >= 0.3 is 0 Å². The molecular weight excluding hydrogens is 357 g/mol. The highest BCUT2D eigenvalue weighted by atomic mass is 35.5. The van der Waals surface area contributed by atoms with Gasteiger partial charge < -0.3 is 9.42 Å². The van der Waals surface area contributed by atoms with Crippen molar-refractivity contribution in [2.75, 3.05) is 7.05 Å². The van der Waals surface area contributed by atoms with Crippen molar-refractivity contribution < 1.29 is 13.7 Å². The van der Waals surface area contributed by atoms with Gasteiger partial charge in [-0.2, -0.15) is 4.98 Å². The second-order valence-electron chi connectivity index (χ2n) is 5.99. The van der Waals surface area contributed by atoms with Crippen LogP contribution in [-0.2, 0) is 17.8 Å². The summed E-state index contributed by atoms with van der Waals surface area (Å²) in [6.45, 7) is 2.11. The molecule has 0 bridgehead atoms. The molecule has 0 radical (unpaired) electrons. The Morgan fingerprint density at radius 1 is 1.27 bits per heavy atom. The van der Waals surface area contributed by atoms with Crippen LogP contribution >= 0.6 is 11.6 Å². The first kappa shape index (κ1) is 18.1. The van der Waals surface area contributed by atoms with Crippen LogP contribution in [0, 0.1) is 12.7 Å². The smallest absolute Gasteiger partial charge is 0.246 e. The van der Waals surface area contributed by atoms with Gasteiger partial charge in [0.25, 0.3) is 0 Å². The van der Waals surface area contributed by atoms with Crippen LogP contribution in [0.2, 0.25) is 5.02 Å². The highest BCUT2D eigenvalue weighted by molar-refractivity contribution is 6.30. The van der Waals surface area contributed by atoms with E-state index in [1.54, 1.807) is 13.1 Å². The fourth-order valence-electron chi connectivity index (χ4n) is 2.51. The van der Waals surface area contributed by atoms with Crippen LogP contribution in [-0.4, -0.2) is 28.0 Å². The van der Waals surface area contributed by atoms with E-state index in [-0.39, 0.29) is 24.4 Å². The predicted octanol–water partition coefficient (Wildman–Crippen LogP) is 4.04. The number of halogens is 2. The lowest BCUT2D eigenvalue weighted by atomic mass is 10.1. The third kappa shape index (κ3) is 4.08. The van der Waals surface area contributed by atoms with E-state index in [1.165, 1.54) is 17.0 Å². The molecule has 134 valence electrons. The highest BCUT2D eigenvalue weighted by Crippen LogP contribution is 2.20. The van der Waals surface area contributed by atoms with Crippen molar-refractivity contribution in [3.63, 3.8) is 0 Å². The molecule has 7 heteroatoms. The van der Waals surface area contributed by atoms with Gasteiger partial charge in [0.15, 0.2) is 0 Å². The van der Waals surface area contributed by atoms with Crippen LogP contribution in [0.3, 0.4) is 0 Å². The molecule has 0 saturated heterocycles. The molecular formula is C19H17ClFN3O2. The number of rotatable bonds is 5. The largest absolute Gasteiger partial charge is 0.337 e. The monoisotopic (exact) mass is 373 g/mol. The normalized spacial score (nSPS) is 10.8. The molecule has 5 nitrogen and oxygen atoms in total. The van der Waals surface area contributed by atoms with Crippen LogP contribution in [0.5, 0.6) is 0 Å². The molecule has 1 aromatic heterocycles. The number of aryl methyl sites for hydroxylation is 1. The van der Waals surface area contributed by atoms with Crippen LogP contribution in [0.15, 0.2) is 47.0 Å². The minimum atomic E-state index is -0.501. The van der Waals surface area contributed by atoms with E-state index in [9.17, 15) is 9.18 Å². The van der Waals surface area contributed by atoms with E-state index in [4.69, 9.17) is 16.1 Å². The van der Waals surface area contributed by atoms with Crippen molar-refractivity contribution >= 4 is 17.5 Å². The Kier molecular flexibility index (Phi) is 5.32. The molecule has 0 aliphatic carbocycles. The minimum Gasteiger partial charge on any atom is -0.337 e. The molecule has 0 spiro atoms. The van der Waals surface area contributed by atoms with Gasteiger partial charge in [-0.05, 0) is 30.2 Å². The first-order chi connectivity index (χ1) is 12.4. The number of likely N-dealkylation sites (N-methyl/N-ethyl adjacent to an activating group) is 1. The summed E-state index contributed by atoms with van der Waals surface area (Å²) in [4.78, 5) is 18.1. The number of amides is 1. The van der Waals surface area contributed by atoms with Gasteiger partial charge in [0, 0.05) is 17.6 Å². The third-order valence-electron chi connectivity index (χ3n) is 4.01. The Morgan fingerprint density at radius 2 is 2.04 bits per heavy atom. The van der Waals surface area contributed by atoms with Crippen LogP contribution in [0.1, 0.15) is 17.0 Å². The Hall–Kier alpha value is -2.73. The fraction of sp³-hybridized carbons (Fsp3) is 0.211. The summed E-state index contributed by atoms with van der Waals surface area (Å²) >= 11 is 5.72. The minimum absolute atomic E-state index is 0.0711. The number of hydrogen-bond donors (Lipinski definition) is 0. The average molecular weight is 374 g/mol. The highest BCUT2D eigenvalue weighted by Gasteiger charge is 2.17. The van der Waals surface area contributed by atoms with Gasteiger partial charge in [0.05, 0.1) is 13.0 Å². The molecule has 0 N–H and O–H groups in total. The molecule has 0 fully saturated rings. The summed E-state index contributed by atoms with van der Waals surface area (Å²) in [5, 5.41) is 4.26. The number of benzene rings is 2. The Bertz CT molecular complexity index is 942. The van der Waals surface area contributed by atoms with Crippen LogP contribution in [0.25, 0.3) is 11.4 Å². The molecule has 0 saturated carbocycles. The lowest BCUT2D eigenvalue weighted by Gasteiger charge is -2.15. The number of nitrogens with zero attached hydrogens (tertiary/aromatic N) is 3. The Morgan fingerprint density at radius 3 is 2.77 bits per heavy atom. The number of aromatic nitrogens is 2. The number of carbonyl (C=O) groups is 1. The Labute approximate surface area is 155 Å². The maximum atomic E-state index is 13.8. The average Bonchev–Trinajstić information content (AvgIpc) is 3.06. The lowest BCUT2D eigenvalue weighted by molar-refractivity contribution is -0.130. The van der Waals surface area contributed by atoms with E-state index >= 15 is 0 Å². The fourth-order valence-corrected chi connectivity index (χ4v) is 2.67. The molecule has 0 unspecified atom stereocenters. The second-order valence-corrected chi connectivity index (χ2v) is 6.43. The van der Waals surface area contributed by atoms with Crippen molar-refractivity contribution in [3.05, 3.63) is 70.3 Å². The van der Waals surface area contributed by atoms with E-state index in [1.807, 2.05) is 31.2 Å². The second kappa shape index (κ2) is 7.66. The zero-order valence-electron chi connectivity index (χ0n) is 14.4. The quantitative estimate of drug-likeness (QED) is 0.677. The zero-order valence-corrected chi connectivity index (χ0v) is 15.1. The van der Waals surface area contributed by atoms with E-state index in [2.05, 4.69) is 10.1 Å². The first-order valence-electron chi connectivity index (χ1n) is 8.00. The maximum Gasteiger partial charge on any atom is 0.246 e. The first-order valence-corrected chi connectivity index (χ1v) is 8.38. The van der Waals surface area contributed by atoms with Gasteiger partial charge in [-0.1, -0.05) is 47.1 Å². The molecule has 0 aliphatic heterocycles. The molecule has 0 aliphatic rings. The summed E-state index contributed by atoms with van der Waals surface area (Å²) in [6.07, 6.45) is -0.0711. The SMILES string of the molecule is Cc1ccccc1-c1noc(CN(C)C(=O)Cc2ccc(Cl)cc2F)n1. The van der Waals surface area contributed by atoms with Gasteiger partial charge in [-0.25, -0.2) is 4.39 Å². The standard InChI is InChI=1S/C19H17ClFN3O2/c1-12-5-3-4-6-15(12)19-22-17(26-23-19)11-24(2)18(25)9-13-7-8-14(20)10-16(13)21/h3-8,10H,9,11H2,1-2H3. The molecule has 2 aromatic carbocycles. The Balaban J connectivity index is 1.67. The third-order valence-corrected chi connectivity index (χ3v) is 4.24. The van der Waals surface area contributed by atoms with Gasteiger partial charge in [-0.15, -0.1) is 0 Å². The molecule has 3 aromatic rings. The van der Waals surface area contributed by atoms with E-state index < -0.39 is 5.82 Å². The lowest BCUT2D eigenvalue weighted by Crippen LogP contribution is -2.28. The van der Waals surface area contributed by atoms with E-state index in [0.29, 0.717) is 16.7 Å². The molecule has 1 heterocycles. The van der Waals surface area contributed by atoms with Crippen LogP contribution < -0.4 is 0 Å². The summed E-state index contributed by atoms with van der Waals surface area (Å²) in [5.41, 5.74) is 2.19. The molecule has 0 atom stereocenters. The topological polar surface area (TPSA) is 59.2 Å². The molecule has 3 rings (SSSR count). The summed E-state index contributed by atoms with van der Waals surface area (Å²) in [5.74, 6) is 0.0270. The van der Waals surface area contributed by atoms with Gasteiger partial charge in [0.2, 0.25) is 17.6 Å². The summed E-state index contributed by atoms with van der Waals surface area (Å²) < 4.78 is 19.1. The number of carbonyl (C=O) groups excluding carboxylic acids is 1. The van der Waals surface area contributed by atoms with Gasteiger partial charge in [-0.3, -0.25) is 4.79 Å².